The lowest BCUT2D eigenvalue weighted by molar-refractivity contribution is -0.385. The molecule has 3 aromatic rings. The third-order valence-electron chi connectivity index (χ3n) is 4.76. The predicted octanol–water partition coefficient (Wildman–Crippen LogP) is 4.52. The van der Waals surface area contributed by atoms with E-state index in [1.807, 2.05) is 10.8 Å². The molecule has 0 saturated heterocycles. The third kappa shape index (κ3) is 5.74. The summed E-state index contributed by atoms with van der Waals surface area (Å²) in [4.78, 5) is 26.2. The molecular formula is C21H20Cl2N4O4. The monoisotopic (exact) mass is 462 g/mol. The van der Waals surface area contributed by atoms with E-state index in [4.69, 9.17) is 33.9 Å². The van der Waals surface area contributed by atoms with E-state index in [1.54, 1.807) is 24.3 Å². The Hall–Kier alpha value is -3.10. The number of carbonyl (C=O) groups excluding carboxylic acids is 1. The second-order valence-corrected chi connectivity index (χ2v) is 7.85. The number of phenolic OH excluding ortho intramolecular Hbond substituents is 1. The highest BCUT2D eigenvalue weighted by Gasteiger charge is 2.16. The number of nitrogens with zero attached hydrogens (tertiary/aromatic N) is 3. The Morgan fingerprint density at radius 1 is 1.19 bits per heavy atom. The molecular weight excluding hydrogens is 443 g/mol. The van der Waals surface area contributed by atoms with Gasteiger partial charge in [-0.2, -0.15) is 0 Å². The quantitative estimate of drug-likeness (QED) is 0.357. The predicted molar refractivity (Wildman–Crippen MR) is 118 cm³/mol. The van der Waals surface area contributed by atoms with Crippen molar-refractivity contribution in [3.05, 3.63) is 74.1 Å². The first kappa shape index (κ1) is 22.6. The van der Waals surface area contributed by atoms with Crippen molar-refractivity contribution >= 4 is 34.8 Å². The number of rotatable bonds is 9. The molecule has 3 rings (SSSR count). The van der Waals surface area contributed by atoms with Crippen molar-refractivity contribution in [1.29, 1.82) is 0 Å². The van der Waals surface area contributed by atoms with Crippen LogP contribution in [0, 0.1) is 10.1 Å². The number of phenols is 1. The lowest BCUT2D eigenvalue weighted by Gasteiger charge is -2.07. The molecule has 1 aromatic heterocycles. The van der Waals surface area contributed by atoms with Crippen molar-refractivity contribution in [2.75, 3.05) is 0 Å². The average Bonchev–Trinajstić information content (AvgIpc) is 3.09. The molecule has 10 heteroatoms. The summed E-state index contributed by atoms with van der Waals surface area (Å²) < 4.78 is 1.93. The van der Waals surface area contributed by atoms with Crippen LogP contribution in [0.4, 0.5) is 5.69 Å². The molecule has 8 nitrogen and oxygen atoms in total. The van der Waals surface area contributed by atoms with Gasteiger partial charge in [0.05, 0.1) is 15.6 Å². The van der Waals surface area contributed by atoms with Crippen LogP contribution in [0.1, 0.15) is 24.2 Å². The summed E-state index contributed by atoms with van der Waals surface area (Å²) in [5.41, 5.74) is 6.98. The standard InChI is InChI=1S/C21H20Cl2N4O4/c22-14-5-6-15(16(23)11-14)17-12-26(9-1-2-20(24)29)21(25-17)8-4-13-3-7-19(28)18(10-13)27(30)31/h3,5-7,10-12,28H,1-2,4,8-9H2,(H2,24,29). The number of nitro benzene ring substituents is 1. The van der Waals surface area contributed by atoms with Crippen molar-refractivity contribution < 1.29 is 14.8 Å². The number of carbonyl (C=O) groups is 1. The summed E-state index contributed by atoms with van der Waals surface area (Å²) >= 11 is 12.3. The maximum atomic E-state index is 11.1. The first-order chi connectivity index (χ1) is 14.7. The third-order valence-corrected chi connectivity index (χ3v) is 5.31. The number of aromatic nitrogens is 2. The number of nitro groups is 1. The van der Waals surface area contributed by atoms with Gasteiger partial charge in [-0.1, -0.05) is 29.3 Å². The molecule has 1 amide bonds. The van der Waals surface area contributed by atoms with Gasteiger partial charge in [-0.3, -0.25) is 14.9 Å². The molecule has 162 valence electrons. The van der Waals surface area contributed by atoms with Crippen LogP contribution in [0.15, 0.2) is 42.6 Å². The summed E-state index contributed by atoms with van der Waals surface area (Å²) in [7, 11) is 0. The van der Waals surface area contributed by atoms with E-state index in [2.05, 4.69) is 0 Å². The Morgan fingerprint density at radius 2 is 1.97 bits per heavy atom. The van der Waals surface area contributed by atoms with Crippen molar-refractivity contribution in [1.82, 2.24) is 9.55 Å². The molecule has 0 atom stereocenters. The van der Waals surface area contributed by atoms with Crippen molar-refractivity contribution in [2.24, 2.45) is 5.73 Å². The van der Waals surface area contributed by atoms with Gasteiger partial charge in [0.1, 0.15) is 5.82 Å². The molecule has 0 aliphatic carbocycles. The van der Waals surface area contributed by atoms with E-state index >= 15 is 0 Å². The first-order valence-corrected chi connectivity index (χ1v) is 10.3. The van der Waals surface area contributed by atoms with E-state index in [0.717, 1.165) is 11.4 Å². The first-order valence-electron chi connectivity index (χ1n) is 9.50. The number of hydrogen-bond acceptors (Lipinski definition) is 5. The average molecular weight is 463 g/mol. The van der Waals surface area contributed by atoms with Crippen LogP contribution < -0.4 is 5.73 Å². The van der Waals surface area contributed by atoms with Crippen LogP contribution in [0.2, 0.25) is 10.0 Å². The molecule has 1 heterocycles. The number of amides is 1. The highest BCUT2D eigenvalue weighted by atomic mass is 35.5. The summed E-state index contributed by atoms with van der Waals surface area (Å²) in [5, 5.41) is 21.7. The minimum absolute atomic E-state index is 0.249. The Bertz CT molecular complexity index is 1130. The fraction of sp³-hybridized carbons (Fsp3) is 0.238. The summed E-state index contributed by atoms with van der Waals surface area (Å²) in [6.07, 6.45) is 3.62. The fourth-order valence-corrected chi connectivity index (χ4v) is 3.73. The number of nitrogens with two attached hydrogens (primary N) is 1. The number of imidazole rings is 1. The van der Waals surface area contributed by atoms with Gasteiger partial charge in [0.15, 0.2) is 5.75 Å². The maximum absolute atomic E-state index is 11.1. The van der Waals surface area contributed by atoms with E-state index in [9.17, 15) is 20.0 Å². The topological polar surface area (TPSA) is 124 Å². The zero-order valence-electron chi connectivity index (χ0n) is 16.4. The van der Waals surface area contributed by atoms with Crippen molar-refractivity contribution in [3.63, 3.8) is 0 Å². The normalized spacial score (nSPS) is 10.9. The molecule has 31 heavy (non-hydrogen) atoms. The number of aryl methyl sites for hydroxylation is 3. The highest BCUT2D eigenvalue weighted by Crippen LogP contribution is 2.31. The van der Waals surface area contributed by atoms with Gasteiger partial charge in [-0.05, 0) is 42.7 Å². The summed E-state index contributed by atoms with van der Waals surface area (Å²) in [6, 6.07) is 9.45. The van der Waals surface area contributed by atoms with E-state index in [1.165, 1.54) is 12.1 Å². The number of aromatic hydroxyl groups is 1. The molecule has 3 N–H and O–H groups in total. The minimum Gasteiger partial charge on any atom is -0.502 e. The van der Waals surface area contributed by atoms with Crippen LogP contribution in [-0.2, 0) is 24.2 Å². The number of halogens is 2. The summed E-state index contributed by atoms with van der Waals surface area (Å²) in [5.74, 6) is -0.0124. The van der Waals surface area contributed by atoms with Gasteiger partial charge in [-0.25, -0.2) is 4.98 Å². The molecule has 0 radical (unpaired) electrons. The van der Waals surface area contributed by atoms with E-state index < -0.39 is 4.92 Å². The Labute approximate surface area is 188 Å². The van der Waals surface area contributed by atoms with Crippen LogP contribution in [0.5, 0.6) is 5.75 Å². The molecule has 0 aliphatic heterocycles. The van der Waals surface area contributed by atoms with Gasteiger partial charge < -0.3 is 15.4 Å². The van der Waals surface area contributed by atoms with Crippen LogP contribution in [-0.4, -0.2) is 25.5 Å². The summed E-state index contributed by atoms with van der Waals surface area (Å²) in [6.45, 7) is 0.534. The second-order valence-electron chi connectivity index (χ2n) is 7.01. The smallest absolute Gasteiger partial charge is 0.310 e. The maximum Gasteiger partial charge on any atom is 0.310 e. The van der Waals surface area contributed by atoms with Gasteiger partial charge in [0.25, 0.3) is 0 Å². The number of hydrogen-bond donors (Lipinski definition) is 2. The zero-order chi connectivity index (χ0) is 22.5. The van der Waals surface area contributed by atoms with Gasteiger partial charge in [0, 0.05) is 42.2 Å². The largest absolute Gasteiger partial charge is 0.502 e. The van der Waals surface area contributed by atoms with Crippen molar-refractivity contribution in [2.45, 2.75) is 32.2 Å². The molecule has 0 aliphatic rings. The Kier molecular flexibility index (Phi) is 7.14. The van der Waals surface area contributed by atoms with Crippen molar-refractivity contribution in [3.8, 4) is 17.0 Å². The molecule has 0 unspecified atom stereocenters. The minimum atomic E-state index is -0.621. The van der Waals surface area contributed by atoms with E-state index in [-0.39, 0.29) is 23.8 Å². The molecule has 2 aromatic carbocycles. The highest BCUT2D eigenvalue weighted by molar-refractivity contribution is 6.36. The van der Waals surface area contributed by atoms with E-state index in [0.29, 0.717) is 47.1 Å². The second kappa shape index (κ2) is 9.80. The van der Waals surface area contributed by atoms with Crippen LogP contribution >= 0.6 is 23.2 Å². The number of primary amides is 1. The van der Waals surface area contributed by atoms with Gasteiger partial charge in [0.2, 0.25) is 5.91 Å². The van der Waals surface area contributed by atoms with Crippen LogP contribution in [0.25, 0.3) is 11.3 Å². The molecule has 0 saturated carbocycles. The fourth-order valence-electron chi connectivity index (χ4n) is 3.22. The lowest BCUT2D eigenvalue weighted by atomic mass is 10.1. The lowest BCUT2D eigenvalue weighted by Crippen LogP contribution is -2.12. The Balaban J connectivity index is 1.86. The van der Waals surface area contributed by atoms with Crippen LogP contribution in [0.3, 0.4) is 0 Å². The number of benzene rings is 2. The Morgan fingerprint density at radius 3 is 2.65 bits per heavy atom. The van der Waals surface area contributed by atoms with Gasteiger partial charge in [-0.15, -0.1) is 0 Å². The SMILES string of the molecule is NC(=O)CCCn1cc(-c2ccc(Cl)cc2Cl)nc1CCc1ccc(O)c([N+](=O)[O-])c1. The molecule has 0 spiro atoms. The zero-order valence-corrected chi connectivity index (χ0v) is 17.9. The molecule has 0 bridgehead atoms. The molecule has 0 fully saturated rings. The van der Waals surface area contributed by atoms with Gasteiger partial charge >= 0.3 is 5.69 Å².